The average molecular weight is 222 g/mol. The van der Waals surface area contributed by atoms with Gasteiger partial charge in [0.2, 0.25) is 0 Å². The zero-order valence-corrected chi connectivity index (χ0v) is 8.94. The summed E-state index contributed by atoms with van der Waals surface area (Å²) < 4.78 is 18.4. The predicted octanol–water partition coefficient (Wildman–Crippen LogP) is 2.24. The van der Waals surface area contributed by atoms with Crippen LogP contribution in [0.3, 0.4) is 0 Å². The number of hydrogen-bond donors (Lipinski definition) is 1. The van der Waals surface area contributed by atoms with E-state index in [9.17, 15) is 9.50 Å². The van der Waals surface area contributed by atoms with Gasteiger partial charge >= 0.3 is 0 Å². The fourth-order valence-corrected chi connectivity index (χ4v) is 1.31. The highest BCUT2D eigenvalue weighted by Gasteiger charge is 2.15. The molecule has 0 radical (unpaired) electrons. The third kappa shape index (κ3) is 1.94. The Morgan fingerprint density at radius 2 is 2.19 bits per heavy atom. The second-order valence-corrected chi connectivity index (χ2v) is 3.62. The van der Waals surface area contributed by atoms with Crippen LogP contribution in [0.25, 0.3) is 11.5 Å². The number of rotatable bonds is 2. The lowest BCUT2D eigenvalue weighted by atomic mass is 10.1. The second kappa shape index (κ2) is 4.02. The highest BCUT2D eigenvalue weighted by Crippen LogP contribution is 2.22. The van der Waals surface area contributed by atoms with Gasteiger partial charge in [-0.1, -0.05) is 11.2 Å². The standard InChI is InChI=1S/C11H11FN2O2/c1-6-3-4-8(9(12)5-6)11-13-10(7(2)15)14-16-11/h3-5,7,15H,1-2H3. The number of aryl methyl sites for hydroxylation is 1. The SMILES string of the molecule is Cc1ccc(-c2nc(C(C)O)no2)c(F)c1. The van der Waals surface area contributed by atoms with Gasteiger partial charge in [-0.2, -0.15) is 4.98 Å². The van der Waals surface area contributed by atoms with Gasteiger partial charge < -0.3 is 9.63 Å². The predicted molar refractivity (Wildman–Crippen MR) is 55.1 cm³/mol. The van der Waals surface area contributed by atoms with Crippen LogP contribution >= 0.6 is 0 Å². The van der Waals surface area contributed by atoms with Crippen LogP contribution in [0.4, 0.5) is 4.39 Å². The first kappa shape index (κ1) is 10.8. The van der Waals surface area contributed by atoms with Crippen LogP contribution in [0.1, 0.15) is 24.4 Å². The van der Waals surface area contributed by atoms with E-state index in [2.05, 4.69) is 10.1 Å². The van der Waals surface area contributed by atoms with Crippen molar-refractivity contribution >= 4 is 0 Å². The smallest absolute Gasteiger partial charge is 0.260 e. The van der Waals surface area contributed by atoms with E-state index in [0.717, 1.165) is 5.56 Å². The van der Waals surface area contributed by atoms with Gasteiger partial charge in [0.15, 0.2) is 5.82 Å². The van der Waals surface area contributed by atoms with Crippen molar-refractivity contribution in [2.24, 2.45) is 0 Å². The normalized spacial score (nSPS) is 12.8. The van der Waals surface area contributed by atoms with E-state index < -0.39 is 11.9 Å². The molecule has 1 heterocycles. The number of aromatic nitrogens is 2. The molecular formula is C11H11FN2O2. The summed E-state index contributed by atoms with van der Waals surface area (Å²) in [5.74, 6) is -0.191. The molecule has 0 bridgehead atoms. The molecule has 5 heteroatoms. The third-order valence-electron chi connectivity index (χ3n) is 2.17. The molecule has 0 spiro atoms. The number of halogens is 1. The zero-order chi connectivity index (χ0) is 11.7. The van der Waals surface area contributed by atoms with Crippen LogP contribution in [0, 0.1) is 12.7 Å². The molecule has 1 aromatic heterocycles. The van der Waals surface area contributed by atoms with Crippen molar-refractivity contribution in [3.63, 3.8) is 0 Å². The monoisotopic (exact) mass is 222 g/mol. The number of aliphatic hydroxyl groups is 1. The van der Waals surface area contributed by atoms with E-state index in [4.69, 9.17) is 4.52 Å². The summed E-state index contributed by atoms with van der Waals surface area (Å²) in [5.41, 5.74) is 1.06. The number of benzene rings is 1. The Labute approximate surface area is 91.7 Å². The van der Waals surface area contributed by atoms with Gasteiger partial charge in [-0.05, 0) is 31.5 Å². The minimum Gasteiger partial charge on any atom is -0.385 e. The minimum absolute atomic E-state index is 0.0772. The van der Waals surface area contributed by atoms with Crippen LogP contribution in [0.2, 0.25) is 0 Å². The first-order chi connectivity index (χ1) is 7.58. The van der Waals surface area contributed by atoms with E-state index >= 15 is 0 Å². The van der Waals surface area contributed by atoms with Crippen molar-refractivity contribution in [3.8, 4) is 11.5 Å². The van der Waals surface area contributed by atoms with E-state index in [1.54, 1.807) is 19.1 Å². The molecule has 1 N–H and O–H groups in total. The van der Waals surface area contributed by atoms with E-state index in [-0.39, 0.29) is 17.3 Å². The molecule has 4 nitrogen and oxygen atoms in total. The molecule has 0 aliphatic rings. The molecule has 0 aliphatic carbocycles. The van der Waals surface area contributed by atoms with Gasteiger partial charge in [0.1, 0.15) is 11.9 Å². The Kier molecular flexibility index (Phi) is 2.70. The van der Waals surface area contributed by atoms with Gasteiger partial charge in [-0.15, -0.1) is 0 Å². The summed E-state index contributed by atoms with van der Waals surface area (Å²) in [6.07, 6.45) is -0.828. The largest absolute Gasteiger partial charge is 0.385 e. The van der Waals surface area contributed by atoms with Crippen LogP contribution < -0.4 is 0 Å². The van der Waals surface area contributed by atoms with Crippen LogP contribution in [-0.4, -0.2) is 15.2 Å². The van der Waals surface area contributed by atoms with Gasteiger partial charge in [0, 0.05) is 0 Å². The van der Waals surface area contributed by atoms with Crippen LogP contribution in [0.15, 0.2) is 22.7 Å². The highest BCUT2D eigenvalue weighted by molar-refractivity contribution is 5.54. The van der Waals surface area contributed by atoms with Crippen molar-refractivity contribution in [3.05, 3.63) is 35.4 Å². The molecule has 2 aromatic rings. The molecule has 1 aromatic carbocycles. The fourth-order valence-electron chi connectivity index (χ4n) is 1.31. The fraction of sp³-hybridized carbons (Fsp3) is 0.273. The molecule has 2 rings (SSSR count). The zero-order valence-electron chi connectivity index (χ0n) is 8.94. The maximum atomic E-state index is 13.6. The lowest BCUT2D eigenvalue weighted by Gasteiger charge is -1.98. The van der Waals surface area contributed by atoms with E-state index in [0.29, 0.717) is 0 Å². The Morgan fingerprint density at radius 3 is 2.75 bits per heavy atom. The molecular weight excluding hydrogens is 211 g/mol. The summed E-state index contributed by atoms with van der Waals surface area (Å²) in [6, 6.07) is 4.72. The Bertz CT molecular complexity index is 508. The maximum absolute atomic E-state index is 13.6. The summed E-state index contributed by atoms with van der Waals surface area (Å²) in [5, 5.41) is 12.8. The summed E-state index contributed by atoms with van der Waals surface area (Å²) in [4.78, 5) is 3.90. The Balaban J connectivity index is 2.42. The molecule has 0 saturated heterocycles. The van der Waals surface area contributed by atoms with Gasteiger partial charge in [0.25, 0.3) is 5.89 Å². The number of hydrogen-bond acceptors (Lipinski definition) is 4. The number of aliphatic hydroxyl groups excluding tert-OH is 1. The van der Waals surface area contributed by atoms with Crippen molar-refractivity contribution in [1.29, 1.82) is 0 Å². The minimum atomic E-state index is -0.828. The average Bonchev–Trinajstić information content (AvgIpc) is 2.66. The molecule has 0 aliphatic heterocycles. The van der Waals surface area contributed by atoms with Crippen LogP contribution in [0.5, 0.6) is 0 Å². The molecule has 1 unspecified atom stereocenters. The van der Waals surface area contributed by atoms with Crippen molar-refractivity contribution in [2.75, 3.05) is 0 Å². The third-order valence-corrected chi connectivity index (χ3v) is 2.17. The molecule has 0 fully saturated rings. The van der Waals surface area contributed by atoms with E-state index in [1.165, 1.54) is 13.0 Å². The topological polar surface area (TPSA) is 59.2 Å². The molecule has 84 valence electrons. The molecule has 1 atom stereocenters. The second-order valence-electron chi connectivity index (χ2n) is 3.62. The number of nitrogens with zero attached hydrogens (tertiary/aromatic N) is 2. The van der Waals surface area contributed by atoms with Crippen molar-refractivity contribution < 1.29 is 14.0 Å². The van der Waals surface area contributed by atoms with Crippen molar-refractivity contribution in [1.82, 2.24) is 10.1 Å². The van der Waals surface area contributed by atoms with Crippen LogP contribution in [-0.2, 0) is 0 Å². The van der Waals surface area contributed by atoms with Gasteiger partial charge in [-0.3, -0.25) is 0 Å². The first-order valence-electron chi connectivity index (χ1n) is 4.86. The maximum Gasteiger partial charge on any atom is 0.260 e. The summed E-state index contributed by atoms with van der Waals surface area (Å²) in [7, 11) is 0. The highest BCUT2D eigenvalue weighted by atomic mass is 19.1. The Morgan fingerprint density at radius 1 is 1.44 bits per heavy atom. The van der Waals surface area contributed by atoms with Gasteiger partial charge in [0.05, 0.1) is 5.56 Å². The van der Waals surface area contributed by atoms with E-state index in [1.807, 2.05) is 0 Å². The Hall–Kier alpha value is -1.75. The quantitative estimate of drug-likeness (QED) is 0.846. The summed E-state index contributed by atoms with van der Waals surface area (Å²) >= 11 is 0. The van der Waals surface area contributed by atoms with Crippen molar-refractivity contribution in [2.45, 2.75) is 20.0 Å². The lowest BCUT2D eigenvalue weighted by Crippen LogP contribution is -1.93. The lowest BCUT2D eigenvalue weighted by molar-refractivity contribution is 0.184. The first-order valence-corrected chi connectivity index (χ1v) is 4.86. The molecule has 16 heavy (non-hydrogen) atoms. The summed E-state index contributed by atoms with van der Waals surface area (Å²) in [6.45, 7) is 3.31. The van der Waals surface area contributed by atoms with Gasteiger partial charge in [-0.25, -0.2) is 4.39 Å². The molecule has 0 amide bonds. The molecule has 0 saturated carbocycles.